The SMILES string of the molecule is CCC(C)c1ccc(C(=O)OC)c(OC)c1. The number of carbonyl (C=O) groups excluding carboxylic acids is 1. The first-order valence-electron chi connectivity index (χ1n) is 5.40. The van der Waals surface area contributed by atoms with Crippen LogP contribution < -0.4 is 4.74 Å². The molecule has 0 fully saturated rings. The molecule has 1 rings (SSSR count). The third-order valence-corrected chi connectivity index (χ3v) is 2.81. The van der Waals surface area contributed by atoms with Gasteiger partial charge in [-0.1, -0.05) is 19.9 Å². The van der Waals surface area contributed by atoms with E-state index in [4.69, 9.17) is 4.74 Å². The number of carbonyl (C=O) groups is 1. The molecular weight excluding hydrogens is 204 g/mol. The van der Waals surface area contributed by atoms with Gasteiger partial charge >= 0.3 is 5.97 Å². The maximum Gasteiger partial charge on any atom is 0.341 e. The molecule has 0 saturated heterocycles. The highest BCUT2D eigenvalue weighted by Gasteiger charge is 2.14. The number of esters is 1. The minimum atomic E-state index is -0.368. The molecule has 0 saturated carbocycles. The number of methoxy groups -OCH3 is 2. The van der Waals surface area contributed by atoms with Gasteiger partial charge in [0, 0.05) is 0 Å². The van der Waals surface area contributed by atoms with Crippen molar-refractivity contribution in [1.82, 2.24) is 0 Å². The summed E-state index contributed by atoms with van der Waals surface area (Å²) in [5, 5.41) is 0. The third kappa shape index (κ3) is 2.54. The van der Waals surface area contributed by atoms with E-state index >= 15 is 0 Å². The Bertz CT molecular complexity index is 371. The van der Waals surface area contributed by atoms with E-state index in [-0.39, 0.29) is 5.97 Å². The Morgan fingerprint density at radius 2 is 2.06 bits per heavy atom. The predicted molar refractivity (Wildman–Crippen MR) is 63.0 cm³/mol. The maximum absolute atomic E-state index is 11.4. The normalized spacial score (nSPS) is 12.0. The summed E-state index contributed by atoms with van der Waals surface area (Å²) >= 11 is 0. The fourth-order valence-corrected chi connectivity index (χ4v) is 1.53. The van der Waals surface area contributed by atoms with Gasteiger partial charge in [-0.05, 0) is 30.0 Å². The van der Waals surface area contributed by atoms with Crippen molar-refractivity contribution in [3.05, 3.63) is 29.3 Å². The average molecular weight is 222 g/mol. The van der Waals surface area contributed by atoms with Crippen LogP contribution in [0.2, 0.25) is 0 Å². The Balaban J connectivity index is 3.11. The summed E-state index contributed by atoms with van der Waals surface area (Å²) in [6.45, 7) is 4.28. The highest BCUT2D eigenvalue weighted by atomic mass is 16.5. The largest absolute Gasteiger partial charge is 0.496 e. The molecular formula is C13H18O3. The Hall–Kier alpha value is -1.51. The lowest BCUT2D eigenvalue weighted by molar-refractivity contribution is 0.0597. The molecule has 1 aromatic rings. The first-order valence-corrected chi connectivity index (χ1v) is 5.40. The van der Waals surface area contributed by atoms with Crippen LogP contribution in [0.4, 0.5) is 0 Å². The van der Waals surface area contributed by atoms with E-state index in [1.807, 2.05) is 12.1 Å². The molecule has 1 unspecified atom stereocenters. The number of hydrogen-bond acceptors (Lipinski definition) is 3. The molecule has 0 aliphatic carbocycles. The van der Waals surface area contributed by atoms with Crippen LogP contribution in [0.1, 0.15) is 42.1 Å². The van der Waals surface area contributed by atoms with Crippen LogP contribution in [0.3, 0.4) is 0 Å². The number of benzene rings is 1. The van der Waals surface area contributed by atoms with Crippen molar-refractivity contribution in [2.24, 2.45) is 0 Å². The van der Waals surface area contributed by atoms with Crippen LogP contribution in [0.25, 0.3) is 0 Å². The van der Waals surface area contributed by atoms with E-state index in [0.29, 0.717) is 17.2 Å². The van der Waals surface area contributed by atoms with Gasteiger partial charge in [-0.25, -0.2) is 4.79 Å². The second kappa shape index (κ2) is 5.54. The summed E-state index contributed by atoms with van der Waals surface area (Å²) < 4.78 is 9.89. The van der Waals surface area contributed by atoms with E-state index in [9.17, 15) is 4.79 Å². The van der Waals surface area contributed by atoms with Crippen LogP contribution >= 0.6 is 0 Å². The zero-order valence-corrected chi connectivity index (χ0v) is 10.2. The molecule has 0 spiro atoms. The molecule has 0 aliphatic rings. The zero-order chi connectivity index (χ0) is 12.1. The molecule has 16 heavy (non-hydrogen) atoms. The molecule has 0 aromatic heterocycles. The summed E-state index contributed by atoms with van der Waals surface area (Å²) in [6.07, 6.45) is 1.06. The number of rotatable bonds is 4. The van der Waals surface area contributed by atoms with Crippen molar-refractivity contribution in [1.29, 1.82) is 0 Å². The monoisotopic (exact) mass is 222 g/mol. The van der Waals surface area contributed by atoms with Gasteiger partial charge in [-0.3, -0.25) is 0 Å². The van der Waals surface area contributed by atoms with E-state index in [1.165, 1.54) is 12.7 Å². The first kappa shape index (κ1) is 12.6. The predicted octanol–water partition coefficient (Wildman–Crippen LogP) is 3.00. The van der Waals surface area contributed by atoms with E-state index in [1.54, 1.807) is 13.2 Å². The van der Waals surface area contributed by atoms with Crippen LogP contribution in [-0.2, 0) is 4.74 Å². The van der Waals surface area contributed by atoms with Gasteiger partial charge in [0.25, 0.3) is 0 Å². The van der Waals surface area contributed by atoms with Crippen molar-refractivity contribution in [3.63, 3.8) is 0 Å². The molecule has 1 aromatic carbocycles. The topological polar surface area (TPSA) is 35.5 Å². The lowest BCUT2D eigenvalue weighted by Crippen LogP contribution is -2.05. The second-order valence-corrected chi connectivity index (χ2v) is 3.76. The van der Waals surface area contributed by atoms with E-state index in [0.717, 1.165) is 6.42 Å². The Labute approximate surface area is 96.4 Å². The Morgan fingerprint density at radius 3 is 2.56 bits per heavy atom. The molecule has 3 nitrogen and oxygen atoms in total. The van der Waals surface area contributed by atoms with Crippen LogP contribution in [0.5, 0.6) is 5.75 Å². The third-order valence-electron chi connectivity index (χ3n) is 2.81. The summed E-state index contributed by atoms with van der Waals surface area (Å²) in [5.74, 6) is 0.665. The zero-order valence-electron chi connectivity index (χ0n) is 10.2. The maximum atomic E-state index is 11.4. The lowest BCUT2D eigenvalue weighted by Gasteiger charge is -2.12. The average Bonchev–Trinajstić information content (AvgIpc) is 2.35. The van der Waals surface area contributed by atoms with Gasteiger partial charge < -0.3 is 9.47 Å². The standard InChI is InChI=1S/C13H18O3/c1-5-9(2)10-6-7-11(13(14)16-4)12(8-10)15-3/h6-9H,5H2,1-4H3. The first-order chi connectivity index (χ1) is 7.63. The molecule has 0 amide bonds. The molecule has 0 radical (unpaired) electrons. The van der Waals surface area contributed by atoms with Crippen LogP contribution in [0.15, 0.2) is 18.2 Å². The van der Waals surface area contributed by atoms with Gasteiger partial charge in [-0.2, -0.15) is 0 Å². The van der Waals surface area contributed by atoms with Crippen molar-refractivity contribution >= 4 is 5.97 Å². The number of hydrogen-bond donors (Lipinski definition) is 0. The Morgan fingerprint density at radius 1 is 1.38 bits per heavy atom. The summed E-state index contributed by atoms with van der Waals surface area (Å²) in [6, 6.07) is 5.61. The van der Waals surface area contributed by atoms with E-state index < -0.39 is 0 Å². The smallest absolute Gasteiger partial charge is 0.341 e. The summed E-state index contributed by atoms with van der Waals surface area (Å²) in [5.41, 5.74) is 1.64. The van der Waals surface area contributed by atoms with Gasteiger partial charge in [-0.15, -0.1) is 0 Å². The molecule has 0 N–H and O–H groups in total. The lowest BCUT2D eigenvalue weighted by atomic mass is 9.97. The van der Waals surface area contributed by atoms with Gasteiger partial charge in [0.05, 0.1) is 14.2 Å². The van der Waals surface area contributed by atoms with Gasteiger partial charge in [0.15, 0.2) is 0 Å². The molecule has 0 heterocycles. The molecule has 0 aliphatic heterocycles. The second-order valence-electron chi connectivity index (χ2n) is 3.76. The highest BCUT2D eigenvalue weighted by molar-refractivity contribution is 5.92. The molecule has 3 heteroatoms. The summed E-state index contributed by atoms with van der Waals surface area (Å²) in [7, 11) is 2.92. The minimum absolute atomic E-state index is 0.368. The highest BCUT2D eigenvalue weighted by Crippen LogP contribution is 2.26. The fourth-order valence-electron chi connectivity index (χ4n) is 1.53. The van der Waals surface area contributed by atoms with Crippen molar-refractivity contribution in [2.45, 2.75) is 26.2 Å². The molecule has 1 atom stereocenters. The summed E-state index contributed by atoms with van der Waals surface area (Å²) in [4.78, 5) is 11.4. The van der Waals surface area contributed by atoms with Crippen molar-refractivity contribution in [2.75, 3.05) is 14.2 Å². The van der Waals surface area contributed by atoms with Crippen molar-refractivity contribution in [3.8, 4) is 5.75 Å². The van der Waals surface area contributed by atoms with Crippen molar-refractivity contribution < 1.29 is 14.3 Å². The molecule has 88 valence electrons. The fraction of sp³-hybridized carbons (Fsp3) is 0.462. The molecule has 0 bridgehead atoms. The quantitative estimate of drug-likeness (QED) is 0.735. The number of ether oxygens (including phenoxy) is 2. The minimum Gasteiger partial charge on any atom is -0.496 e. The van der Waals surface area contributed by atoms with Gasteiger partial charge in [0.1, 0.15) is 11.3 Å². The van der Waals surface area contributed by atoms with E-state index in [2.05, 4.69) is 18.6 Å². The Kier molecular flexibility index (Phi) is 4.35. The van der Waals surface area contributed by atoms with Crippen LogP contribution in [-0.4, -0.2) is 20.2 Å². The van der Waals surface area contributed by atoms with Gasteiger partial charge in [0.2, 0.25) is 0 Å². The van der Waals surface area contributed by atoms with Crippen LogP contribution in [0, 0.1) is 0 Å².